The van der Waals surface area contributed by atoms with E-state index in [0.29, 0.717) is 13.0 Å². The van der Waals surface area contributed by atoms with Crippen molar-refractivity contribution in [3.05, 3.63) is 109 Å². The van der Waals surface area contributed by atoms with Gasteiger partial charge in [-0.05, 0) is 83.5 Å². The topological polar surface area (TPSA) is 178 Å². The first-order valence-electron chi connectivity index (χ1n) is 20.6. The summed E-state index contributed by atoms with van der Waals surface area (Å²) >= 11 is 0. The standard InChI is InChI=1S/C45H70O12S/c1-3-5-7-9-11-13-15-17-18-19-20-21-23-25-27-29-31-33-35-53-37-39(38-54-45-43(49)44(57-58(50,51)52)42(48)40(36-46)56-45)55-41(47)34-32-30-28-26-24-22-16-14-12-10-8-6-4-2/h5-8,11-14,17-18,20-22,24-25,27-28,30,39-40,42-46,48-49H,3-4,9-10,15-16,19,23,26,29,31-38H2,1-2H3,(H,50,51,52)/b7-5-,8-6-,13-11-,14-12-,18-17-,21-20-,24-22-,27-25-,30-28-. The van der Waals surface area contributed by atoms with Crippen LogP contribution in [0.3, 0.4) is 0 Å². The van der Waals surface area contributed by atoms with Crippen LogP contribution in [-0.4, -0.2) is 97.5 Å². The van der Waals surface area contributed by atoms with Gasteiger partial charge in [0.2, 0.25) is 0 Å². The molecular formula is C45H70O12S. The Morgan fingerprint density at radius 3 is 1.59 bits per heavy atom. The molecule has 0 spiro atoms. The predicted octanol–water partition coefficient (Wildman–Crippen LogP) is 8.07. The van der Waals surface area contributed by atoms with Crippen molar-refractivity contribution in [3.8, 4) is 0 Å². The number of carbonyl (C=O) groups is 1. The van der Waals surface area contributed by atoms with E-state index in [0.717, 1.165) is 77.0 Å². The number of aliphatic hydroxyl groups is 3. The molecule has 328 valence electrons. The Kier molecular flexibility index (Phi) is 32.5. The van der Waals surface area contributed by atoms with E-state index in [9.17, 15) is 28.5 Å². The molecule has 0 bridgehead atoms. The van der Waals surface area contributed by atoms with E-state index in [1.807, 2.05) is 12.2 Å². The molecule has 1 fully saturated rings. The minimum Gasteiger partial charge on any atom is -0.457 e. The molecule has 0 aliphatic carbocycles. The van der Waals surface area contributed by atoms with Crippen LogP contribution in [0.2, 0.25) is 0 Å². The number of aliphatic hydroxyl groups excluding tert-OH is 3. The summed E-state index contributed by atoms with van der Waals surface area (Å²) in [6.07, 6.45) is 40.1. The summed E-state index contributed by atoms with van der Waals surface area (Å²) in [5.74, 6) is -0.501. The second kappa shape index (κ2) is 35.7. The summed E-state index contributed by atoms with van der Waals surface area (Å²) in [4.78, 5) is 12.8. The quantitative estimate of drug-likeness (QED) is 0.0217. The van der Waals surface area contributed by atoms with Gasteiger partial charge in [-0.3, -0.25) is 9.35 Å². The Bertz CT molecular complexity index is 1430. The van der Waals surface area contributed by atoms with Crippen LogP contribution in [0.4, 0.5) is 0 Å². The molecule has 1 saturated heterocycles. The molecule has 0 amide bonds. The van der Waals surface area contributed by atoms with Crippen LogP contribution >= 0.6 is 0 Å². The van der Waals surface area contributed by atoms with E-state index in [4.69, 9.17) is 23.5 Å². The fraction of sp³-hybridized carbons (Fsp3) is 0.578. The third-order valence-corrected chi connectivity index (χ3v) is 8.87. The maximum absolute atomic E-state index is 12.8. The average Bonchev–Trinajstić information content (AvgIpc) is 3.19. The zero-order valence-electron chi connectivity index (χ0n) is 34.5. The number of carbonyl (C=O) groups excluding carboxylic acids is 1. The van der Waals surface area contributed by atoms with Crippen LogP contribution in [-0.2, 0) is 38.3 Å². The molecule has 13 heteroatoms. The van der Waals surface area contributed by atoms with Crippen molar-refractivity contribution in [2.24, 2.45) is 0 Å². The minimum atomic E-state index is -5.08. The number of unbranched alkanes of at least 4 members (excludes halogenated alkanes) is 2. The van der Waals surface area contributed by atoms with E-state index in [2.05, 4.69) is 115 Å². The van der Waals surface area contributed by atoms with Gasteiger partial charge in [-0.15, -0.1) is 0 Å². The maximum atomic E-state index is 12.8. The van der Waals surface area contributed by atoms with Crippen LogP contribution in [0.5, 0.6) is 0 Å². The lowest BCUT2D eigenvalue weighted by atomic mass is 9.99. The highest BCUT2D eigenvalue weighted by atomic mass is 32.3. The van der Waals surface area contributed by atoms with Crippen molar-refractivity contribution in [1.82, 2.24) is 0 Å². The van der Waals surface area contributed by atoms with Crippen molar-refractivity contribution < 1.29 is 56.2 Å². The van der Waals surface area contributed by atoms with Crippen molar-refractivity contribution in [1.29, 1.82) is 0 Å². The molecular weight excluding hydrogens is 765 g/mol. The summed E-state index contributed by atoms with van der Waals surface area (Å²) in [5, 5.41) is 30.6. The molecule has 0 aromatic carbocycles. The van der Waals surface area contributed by atoms with Gasteiger partial charge in [0, 0.05) is 13.0 Å². The number of ether oxygens (including phenoxy) is 4. The summed E-state index contributed by atoms with van der Waals surface area (Å²) < 4.78 is 58.7. The van der Waals surface area contributed by atoms with Crippen molar-refractivity contribution >= 4 is 16.4 Å². The molecule has 58 heavy (non-hydrogen) atoms. The largest absolute Gasteiger partial charge is 0.457 e. The van der Waals surface area contributed by atoms with Gasteiger partial charge in [-0.2, -0.15) is 8.42 Å². The van der Waals surface area contributed by atoms with E-state index in [1.165, 1.54) is 0 Å². The number of rotatable bonds is 33. The summed E-state index contributed by atoms with van der Waals surface area (Å²) in [5.41, 5.74) is 0. The Hall–Kier alpha value is -3.24. The number of hydrogen-bond acceptors (Lipinski definition) is 11. The van der Waals surface area contributed by atoms with Gasteiger partial charge in [0.25, 0.3) is 0 Å². The Morgan fingerprint density at radius 1 is 0.655 bits per heavy atom. The van der Waals surface area contributed by atoms with Crippen LogP contribution in [0.15, 0.2) is 109 Å². The number of hydrogen-bond donors (Lipinski definition) is 4. The second-order valence-corrected chi connectivity index (χ2v) is 14.5. The SMILES string of the molecule is CC/C=C\C/C=C\C/C=C\C/C=C\C/C=C\CCCCOCC(COC1OC(CO)C(O)C(OS(=O)(=O)O)C1O)OC(=O)CC/C=C\C/C=C\C/C=C\C/C=C\CC. The zero-order valence-corrected chi connectivity index (χ0v) is 35.4. The minimum absolute atomic E-state index is 0.0306. The van der Waals surface area contributed by atoms with Gasteiger partial charge >= 0.3 is 16.4 Å². The molecule has 4 N–H and O–H groups in total. The maximum Gasteiger partial charge on any atom is 0.397 e. The van der Waals surface area contributed by atoms with Crippen molar-refractivity contribution in [3.63, 3.8) is 0 Å². The van der Waals surface area contributed by atoms with Gasteiger partial charge in [0.15, 0.2) is 6.29 Å². The summed E-state index contributed by atoms with van der Waals surface area (Å²) in [6, 6.07) is 0. The van der Waals surface area contributed by atoms with Crippen LogP contribution in [0.1, 0.15) is 104 Å². The Morgan fingerprint density at radius 2 is 1.12 bits per heavy atom. The first-order valence-corrected chi connectivity index (χ1v) is 22.0. The smallest absolute Gasteiger partial charge is 0.397 e. The molecule has 6 unspecified atom stereocenters. The zero-order chi connectivity index (χ0) is 42.5. The molecule has 0 saturated carbocycles. The summed E-state index contributed by atoms with van der Waals surface area (Å²) in [7, 11) is -5.08. The number of esters is 1. The molecule has 0 aromatic heterocycles. The first kappa shape index (κ1) is 52.8. The average molecular weight is 835 g/mol. The molecule has 1 rings (SSSR count). The van der Waals surface area contributed by atoms with Gasteiger partial charge in [-0.1, -0.05) is 123 Å². The molecule has 12 nitrogen and oxygen atoms in total. The molecule has 6 atom stereocenters. The Balaban J connectivity index is 2.56. The molecule has 1 aliphatic heterocycles. The lowest BCUT2D eigenvalue weighted by molar-refractivity contribution is -0.301. The third kappa shape index (κ3) is 29.0. The van der Waals surface area contributed by atoms with Crippen molar-refractivity contribution in [2.75, 3.05) is 26.4 Å². The molecule has 0 aromatic rings. The monoisotopic (exact) mass is 834 g/mol. The van der Waals surface area contributed by atoms with Crippen LogP contribution < -0.4 is 0 Å². The highest BCUT2D eigenvalue weighted by Crippen LogP contribution is 2.26. The summed E-state index contributed by atoms with van der Waals surface area (Å²) in [6.45, 7) is 3.51. The van der Waals surface area contributed by atoms with Crippen molar-refractivity contribution in [2.45, 2.75) is 141 Å². The molecule has 0 radical (unpaired) electrons. The fourth-order valence-electron chi connectivity index (χ4n) is 5.36. The lowest BCUT2D eigenvalue weighted by Gasteiger charge is -2.41. The third-order valence-electron chi connectivity index (χ3n) is 8.40. The second-order valence-electron chi connectivity index (χ2n) is 13.5. The van der Waals surface area contributed by atoms with Crippen LogP contribution in [0.25, 0.3) is 0 Å². The van der Waals surface area contributed by atoms with E-state index < -0.39 is 59.8 Å². The predicted molar refractivity (Wildman–Crippen MR) is 229 cm³/mol. The Labute approximate surface area is 348 Å². The molecule has 1 heterocycles. The van der Waals surface area contributed by atoms with E-state index >= 15 is 0 Å². The van der Waals surface area contributed by atoms with Gasteiger partial charge in [0.1, 0.15) is 30.5 Å². The van der Waals surface area contributed by atoms with Gasteiger partial charge in [-0.25, -0.2) is 4.18 Å². The number of allylic oxidation sites excluding steroid dienone is 18. The van der Waals surface area contributed by atoms with Gasteiger partial charge in [0.05, 0.1) is 19.8 Å². The highest BCUT2D eigenvalue weighted by Gasteiger charge is 2.48. The lowest BCUT2D eigenvalue weighted by Crippen LogP contribution is -2.60. The normalized spacial score (nSPS) is 21.7. The van der Waals surface area contributed by atoms with E-state index in [-0.39, 0.29) is 19.6 Å². The van der Waals surface area contributed by atoms with Gasteiger partial charge < -0.3 is 34.3 Å². The highest BCUT2D eigenvalue weighted by molar-refractivity contribution is 7.80. The fourth-order valence-corrected chi connectivity index (χ4v) is 5.86. The van der Waals surface area contributed by atoms with E-state index in [1.54, 1.807) is 0 Å². The first-order chi connectivity index (χ1) is 28.1. The van der Waals surface area contributed by atoms with Crippen LogP contribution in [0, 0.1) is 0 Å². The molecule has 1 aliphatic rings.